The lowest BCUT2D eigenvalue weighted by Gasteiger charge is -2.43. The van der Waals surface area contributed by atoms with Gasteiger partial charge in [0.2, 0.25) is 0 Å². The molecule has 0 fully saturated rings. The van der Waals surface area contributed by atoms with Crippen LogP contribution in [-0.4, -0.2) is 0 Å². The highest BCUT2D eigenvalue weighted by atomic mass is 14.4. The smallest absolute Gasteiger partial charge is 0.0208 e. The van der Waals surface area contributed by atoms with E-state index in [1.54, 1.807) is 11.1 Å². The van der Waals surface area contributed by atoms with E-state index in [2.05, 4.69) is 222 Å². The fraction of sp³-hybridized carbons (Fsp3) is 0.226. The summed E-state index contributed by atoms with van der Waals surface area (Å²) in [5.74, 6) is 1.36. The van der Waals surface area contributed by atoms with E-state index in [1.807, 2.05) is 0 Å². The van der Waals surface area contributed by atoms with Crippen LogP contribution in [0.15, 0.2) is 194 Å². The van der Waals surface area contributed by atoms with Gasteiger partial charge in [-0.15, -0.1) is 0 Å². The summed E-state index contributed by atoms with van der Waals surface area (Å²) in [6.45, 7) is 9.62. The normalized spacial score (nSPS) is 13.8. The summed E-state index contributed by atoms with van der Waals surface area (Å²) in [7, 11) is 0. The van der Waals surface area contributed by atoms with E-state index < -0.39 is 0 Å². The lowest BCUT2D eigenvalue weighted by molar-refractivity contribution is 0.333. The molecule has 0 aliphatic heterocycles. The van der Waals surface area contributed by atoms with Crippen LogP contribution in [0.3, 0.4) is 0 Å². The fourth-order valence-corrected chi connectivity index (χ4v) is 9.96. The molecule has 1 aliphatic carbocycles. The van der Waals surface area contributed by atoms with Gasteiger partial charge in [-0.3, -0.25) is 0 Å². The first kappa shape index (κ1) is 41.1. The summed E-state index contributed by atoms with van der Waals surface area (Å²) in [5.41, 5.74) is 21.1. The van der Waals surface area contributed by atoms with Crippen molar-refractivity contribution in [2.75, 3.05) is 0 Å². The van der Waals surface area contributed by atoms with E-state index in [0.29, 0.717) is 11.8 Å². The van der Waals surface area contributed by atoms with Crippen LogP contribution in [-0.2, 0) is 11.8 Å². The summed E-state index contributed by atoms with van der Waals surface area (Å²) >= 11 is 0. The molecule has 0 nitrogen and oxygen atoms in total. The van der Waals surface area contributed by atoms with Crippen LogP contribution in [0.5, 0.6) is 0 Å². The average molecular weight is 805 g/mol. The van der Waals surface area contributed by atoms with E-state index >= 15 is 0 Å². The largest absolute Gasteiger partial charge is 0.0651 e. The Kier molecular flexibility index (Phi) is 12.2. The van der Waals surface area contributed by atoms with Crippen LogP contribution < -0.4 is 0 Å². The fourth-order valence-electron chi connectivity index (χ4n) is 9.96. The van der Waals surface area contributed by atoms with Crippen molar-refractivity contribution < 1.29 is 0 Å². The third-order valence-corrected chi connectivity index (χ3v) is 14.1. The van der Waals surface area contributed by atoms with Crippen molar-refractivity contribution in [2.45, 2.75) is 78.1 Å². The molecule has 0 spiro atoms. The van der Waals surface area contributed by atoms with Crippen molar-refractivity contribution in [3.63, 3.8) is 0 Å². The Hall–Kier alpha value is -6.24. The maximum Gasteiger partial charge on any atom is 0.0208 e. The molecule has 8 aromatic rings. The minimum absolute atomic E-state index is 0.0466. The molecular formula is C62H60. The molecule has 308 valence electrons. The minimum atomic E-state index is -0.0466. The van der Waals surface area contributed by atoms with Gasteiger partial charge in [0.15, 0.2) is 0 Å². The second kappa shape index (κ2) is 18.4. The van der Waals surface area contributed by atoms with Crippen molar-refractivity contribution >= 4 is 0 Å². The topological polar surface area (TPSA) is 0 Å². The Labute approximate surface area is 371 Å². The molecule has 62 heavy (non-hydrogen) atoms. The van der Waals surface area contributed by atoms with Gasteiger partial charge in [0, 0.05) is 5.41 Å². The average Bonchev–Trinajstić information content (AvgIpc) is 3.35. The van der Waals surface area contributed by atoms with Gasteiger partial charge in [-0.25, -0.2) is 0 Å². The second-order valence-electron chi connectivity index (χ2n) is 18.2. The van der Waals surface area contributed by atoms with E-state index in [1.165, 1.54) is 116 Å². The first-order valence-electron chi connectivity index (χ1n) is 23.2. The van der Waals surface area contributed by atoms with Gasteiger partial charge in [-0.1, -0.05) is 198 Å². The highest BCUT2D eigenvalue weighted by Gasteiger charge is 2.40. The van der Waals surface area contributed by atoms with E-state index in [0.717, 1.165) is 6.42 Å². The van der Waals surface area contributed by atoms with Gasteiger partial charge in [0.05, 0.1) is 0 Å². The summed E-state index contributed by atoms with van der Waals surface area (Å²) in [5, 5.41) is 0. The second-order valence-corrected chi connectivity index (χ2v) is 18.2. The monoisotopic (exact) mass is 804 g/mol. The zero-order valence-electron chi connectivity index (χ0n) is 37.1. The summed E-state index contributed by atoms with van der Waals surface area (Å²) in [6, 6.07) is 72.9. The molecule has 0 aromatic heterocycles. The summed E-state index contributed by atoms with van der Waals surface area (Å²) in [6.07, 6.45) is 8.12. The van der Waals surface area contributed by atoms with Crippen molar-refractivity contribution in [3.8, 4) is 66.8 Å². The lowest BCUT2D eigenvalue weighted by Crippen LogP contribution is -2.34. The Morgan fingerprint density at radius 2 is 0.629 bits per heavy atom. The molecule has 0 saturated heterocycles. The summed E-state index contributed by atoms with van der Waals surface area (Å²) in [4.78, 5) is 0. The first-order chi connectivity index (χ1) is 30.4. The van der Waals surface area contributed by atoms with E-state index in [4.69, 9.17) is 0 Å². The van der Waals surface area contributed by atoms with Gasteiger partial charge >= 0.3 is 0 Å². The molecule has 0 saturated carbocycles. The molecule has 9 rings (SSSR count). The first-order valence-corrected chi connectivity index (χ1v) is 23.2. The molecule has 2 atom stereocenters. The van der Waals surface area contributed by atoms with Crippen LogP contribution in [0.25, 0.3) is 66.8 Å². The number of hydrogen-bond acceptors (Lipinski definition) is 0. The predicted octanol–water partition coefficient (Wildman–Crippen LogP) is 17.5. The van der Waals surface area contributed by atoms with E-state index in [-0.39, 0.29) is 5.41 Å². The molecule has 0 heterocycles. The van der Waals surface area contributed by atoms with Gasteiger partial charge in [0.1, 0.15) is 0 Å². The Balaban J connectivity index is 1.21. The third-order valence-electron chi connectivity index (χ3n) is 14.1. The van der Waals surface area contributed by atoms with Crippen molar-refractivity contribution in [3.05, 3.63) is 216 Å². The molecular weight excluding hydrogens is 745 g/mol. The Morgan fingerprint density at radius 3 is 0.919 bits per heavy atom. The minimum Gasteiger partial charge on any atom is -0.0651 e. The van der Waals surface area contributed by atoms with Crippen LogP contribution in [0.1, 0.15) is 88.5 Å². The van der Waals surface area contributed by atoms with Crippen molar-refractivity contribution in [1.82, 2.24) is 0 Å². The van der Waals surface area contributed by atoms with E-state index in [9.17, 15) is 0 Å². The SMILES string of the molecule is CCC(C)CCC1(CCC(C)CC)c2ccc(-c3cc(-c4ccccc4)cc(-c4ccccc4)c3)cc2Cc2cc(-c3cc(-c4ccccc4)cc(-c4ccccc4)c3)ccc21. The van der Waals surface area contributed by atoms with Crippen LogP contribution in [0, 0.1) is 11.8 Å². The quantitative estimate of drug-likeness (QED) is 0.103. The number of fused-ring (bicyclic) bond motifs is 2. The standard InChI is InChI=1S/C62H60/c1-5-44(3)31-33-62(34-32-45(4)6-2)60-29-27-50(56-39-52(46-19-11-7-12-20-46)37-53(40-56)47-21-13-8-14-22-47)35-58(60)43-59-36-51(28-30-61(59)62)57-41-54(48-23-15-9-16-24-48)38-55(42-57)49-25-17-10-18-26-49/h7-30,35-42,44-45H,5-6,31-34,43H2,1-4H3. The zero-order chi connectivity index (χ0) is 42.5. The molecule has 0 N–H and O–H groups in total. The molecule has 0 bridgehead atoms. The van der Waals surface area contributed by atoms with Crippen LogP contribution in [0.2, 0.25) is 0 Å². The molecule has 2 unspecified atom stereocenters. The van der Waals surface area contributed by atoms with Crippen LogP contribution >= 0.6 is 0 Å². The highest BCUT2D eigenvalue weighted by Crippen LogP contribution is 2.51. The number of benzene rings is 8. The lowest BCUT2D eigenvalue weighted by atomic mass is 9.60. The molecule has 1 aliphatic rings. The number of rotatable bonds is 14. The van der Waals surface area contributed by atoms with Gasteiger partial charge < -0.3 is 0 Å². The predicted molar refractivity (Wildman–Crippen MR) is 266 cm³/mol. The summed E-state index contributed by atoms with van der Waals surface area (Å²) < 4.78 is 0. The molecule has 0 amide bonds. The van der Waals surface area contributed by atoms with Gasteiger partial charge in [-0.2, -0.15) is 0 Å². The Morgan fingerprint density at radius 1 is 0.339 bits per heavy atom. The van der Waals surface area contributed by atoms with Crippen LogP contribution in [0.4, 0.5) is 0 Å². The van der Waals surface area contributed by atoms with Crippen molar-refractivity contribution in [1.29, 1.82) is 0 Å². The van der Waals surface area contributed by atoms with Crippen molar-refractivity contribution in [2.24, 2.45) is 11.8 Å². The molecule has 0 heteroatoms. The zero-order valence-corrected chi connectivity index (χ0v) is 37.1. The maximum atomic E-state index is 2.56. The maximum absolute atomic E-state index is 2.56. The van der Waals surface area contributed by atoms with Gasteiger partial charge in [0.25, 0.3) is 0 Å². The molecule has 0 radical (unpaired) electrons. The van der Waals surface area contributed by atoms with Gasteiger partial charge in [-0.05, 0) is 169 Å². The Bertz CT molecular complexity index is 2440. The number of hydrogen-bond donors (Lipinski definition) is 0. The molecule has 8 aromatic carbocycles. The highest BCUT2D eigenvalue weighted by molar-refractivity contribution is 5.83. The third kappa shape index (κ3) is 8.62.